The number of rotatable bonds is 5. The van der Waals surface area contributed by atoms with E-state index in [4.69, 9.17) is 9.47 Å². The smallest absolute Gasteiger partial charge is 0.133 e. The van der Waals surface area contributed by atoms with Crippen molar-refractivity contribution >= 4 is 5.69 Å². The van der Waals surface area contributed by atoms with Gasteiger partial charge in [0.25, 0.3) is 0 Å². The summed E-state index contributed by atoms with van der Waals surface area (Å²) >= 11 is 0. The van der Waals surface area contributed by atoms with E-state index >= 15 is 0 Å². The molecule has 0 fully saturated rings. The molecule has 2 aromatic carbocycles. The van der Waals surface area contributed by atoms with Gasteiger partial charge in [0, 0.05) is 25.3 Å². The minimum atomic E-state index is 0.381. The third kappa shape index (κ3) is 3.79. The van der Waals surface area contributed by atoms with E-state index in [1.54, 1.807) is 7.11 Å². The van der Waals surface area contributed by atoms with Crippen molar-refractivity contribution in [2.75, 3.05) is 26.1 Å². The van der Waals surface area contributed by atoms with Crippen LogP contribution in [0.3, 0.4) is 0 Å². The van der Waals surface area contributed by atoms with Crippen molar-refractivity contribution in [1.82, 2.24) is 0 Å². The maximum Gasteiger partial charge on any atom is 0.133 e. The molecule has 0 radical (unpaired) electrons. The lowest BCUT2D eigenvalue weighted by Crippen LogP contribution is -2.09. The Morgan fingerprint density at radius 2 is 1.57 bits per heavy atom. The second kappa shape index (κ2) is 6.95. The first-order valence-electron chi connectivity index (χ1n) is 7.97. The lowest BCUT2D eigenvalue weighted by Gasteiger charge is -2.19. The molecule has 2 rings (SSSR count). The number of nitrogens with zero attached hydrogens (tertiary/aromatic N) is 1. The molecule has 0 aromatic heterocycles. The predicted molar refractivity (Wildman–Crippen MR) is 97.4 cm³/mol. The van der Waals surface area contributed by atoms with Crippen LogP contribution in [0.25, 0.3) is 0 Å². The van der Waals surface area contributed by atoms with Gasteiger partial charge in [-0.05, 0) is 61.2 Å². The average Bonchev–Trinajstić information content (AvgIpc) is 2.50. The zero-order valence-corrected chi connectivity index (χ0v) is 15.2. The van der Waals surface area contributed by atoms with E-state index in [1.165, 1.54) is 5.69 Å². The summed E-state index contributed by atoms with van der Waals surface area (Å²) in [6.45, 7) is 8.48. The van der Waals surface area contributed by atoms with Crippen molar-refractivity contribution in [2.24, 2.45) is 0 Å². The van der Waals surface area contributed by atoms with Gasteiger partial charge in [-0.1, -0.05) is 13.8 Å². The molecule has 2 aromatic rings. The average molecular weight is 313 g/mol. The van der Waals surface area contributed by atoms with Gasteiger partial charge in [0.2, 0.25) is 0 Å². The molecule has 0 unspecified atom stereocenters. The van der Waals surface area contributed by atoms with E-state index in [1.807, 2.05) is 26.2 Å². The highest BCUT2D eigenvalue weighted by molar-refractivity contribution is 5.57. The molecule has 0 N–H and O–H groups in total. The standard InChI is InChI=1S/C20H27NO2/c1-13(2)18-12-17(8-9-19(18)22-7)23-20-14(3)10-16(21(5)6)11-15(20)4/h8-13H,1-7H3. The number of hydrogen-bond acceptors (Lipinski definition) is 3. The molecule has 0 amide bonds. The maximum atomic E-state index is 6.19. The lowest BCUT2D eigenvalue weighted by atomic mass is 10.0. The highest BCUT2D eigenvalue weighted by atomic mass is 16.5. The van der Waals surface area contributed by atoms with Crippen molar-refractivity contribution in [2.45, 2.75) is 33.6 Å². The van der Waals surface area contributed by atoms with E-state index in [0.717, 1.165) is 33.9 Å². The van der Waals surface area contributed by atoms with Crippen LogP contribution in [0.2, 0.25) is 0 Å². The van der Waals surface area contributed by atoms with Crippen LogP contribution in [-0.4, -0.2) is 21.2 Å². The Hall–Kier alpha value is -2.16. The van der Waals surface area contributed by atoms with Crippen LogP contribution in [0.15, 0.2) is 30.3 Å². The largest absolute Gasteiger partial charge is 0.496 e. The van der Waals surface area contributed by atoms with Crippen LogP contribution in [0, 0.1) is 13.8 Å². The van der Waals surface area contributed by atoms with Crippen molar-refractivity contribution in [3.05, 3.63) is 47.0 Å². The van der Waals surface area contributed by atoms with Gasteiger partial charge < -0.3 is 14.4 Å². The molecule has 0 atom stereocenters. The number of methoxy groups -OCH3 is 1. The normalized spacial score (nSPS) is 10.8. The molecule has 0 bridgehead atoms. The Labute approximate surface area is 139 Å². The maximum absolute atomic E-state index is 6.19. The van der Waals surface area contributed by atoms with Crippen molar-refractivity contribution in [3.63, 3.8) is 0 Å². The summed E-state index contributed by atoms with van der Waals surface area (Å²) in [7, 11) is 5.80. The van der Waals surface area contributed by atoms with Gasteiger partial charge in [0.05, 0.1) is 7.11 Å². The van der Waals surface area contributed by atoms with Gasteiger partial charge in [-0.2, -0.15) is 0 Å². The molecule has 0 saturated carbocycles. The summed E-state index contributed by atoms with van der Waals surface area (Å²) in [6, 6.07) is 10.3. The van der Waals surface area contributed by atoms with E-state index in [2.05, 4.69) is 50.8 Å². The summed E-state index contributed by atoms with van der Waals surface area (Å²) in [6.07, 6.45) is 0. The van der Waals surface area contributed by atoms with Crippen molar-refractivity contribution < 1.29 is 9.47 Å². The van der Waals surface area contributed by atoms with Crippen LogP contribution < -0.4 is 14.4 Å². The fraction of sp³-hybridized carbons (Fsp3) is 0.400. The molecule has 3 nitrogen and oxygen atoms in total. The molecule has 0 saturated heterocycles. The number of benzene rings is 2. The van der Waals surface area contributed by atoms with Gasteiger partial charge in [0.15, 0.2) is 0 Å². The van der Waals surface area contributed by atoms with E-state index in [-0.39, 0.29) is 0 Å². The highest BCUT2D eigenvalue weighted by Gasteiger charge is 2.12. The van der Waals surface area contributed by atoms with Crippen LogP contribution >= 0.6 is 0 Å². The summed E-state index contributed by atoms with van der Waals surface area (Å²) in [5, 5.41) is 0. The first-order chi connectivity index (χ1) is 10.8. The predicted octanol–water partition coefficient (Wildman–Crippen LogP) is 5.29. The summed E-state index contributed by atoms with van der Waals surface area (Å²) < 4.78 is 11.6. The highest BCUT2D eigenvalue weighted by Crippen LogP contribution is 2.35. The fourth-order valence-electron chi connectivity index (χ4n) is 2.69. The Morgan fingerprint density at radius 3 is 2.04 bits per heavy atom. The Kier molecular flexibility index (Phi) is 5.19. The number of hydrogen-bond donors (Lipinski definition) is 0. The first-order valence-corrected chi connectivity index (χ1v) is 7.97. The van der Waals surface area contributed by atoms with Crippen LogP contribution in [-0.2, 0) is 0 Å². The van der Waals surface area contributed by atoms with Gasteiger partial charge in [-0.15, -0.1) is 0 Å². The summed E-state index contributed by atoms with van der Waals surface area (Å²) in [5.41, 5.74) is 4.61. The summed E-state index contributed by atoms with van der Waals surface area (Å²) in [4.78, 5) is 2.11. The second-order valence-electron chi connectivity index (χ2n) is 6.46. The zero-order chi connectivity index (χ0) is 17.1. The topological polar surface area (TPSA) is 21.7 Å². The number of anilines is 1. The fourth-order valence-corrected chi connectivity index (χ4v) is 2.69. The van der Waals surface area contributed by atoms with Gasteiger partial charge >= 0.3 is 0 Å². The van der Waals surface area contributed by atoms with E-state index < -0.39 is 0 Å². The second-order valence-corrected chi connectivity index (χ2v) is 6.46. The monoisotopic (exact) mass is 313 g/mol. The molecule has 124 valence electrons. The molecular weight excluding hydrogens is 286 g/mol. The van der Waals surface area contributed by atoms with Gasteiger partial charge in [-0.3, -0.25) is 0 Å². The molecule has 0 aliphatic rings. The van der Waals surface area contributed by atoms with Gasteiger partial charge in [0.1, 0.15) is 17.2 Å². The third-order valence-electron chi connectivity index (χ3n) is 4.00. The van der Waals surface area contributed by atoms with Crippen molar-refractivity contribution in [3.8, 4) is 17.2 Å². The molecule has 0 spiro atoms. The van der Waals surface area contributed by atoms with E-state index in [9.17, 15) is 0 Å². The minimum absolute atomic E-state index is 0.381. The summed E-state index contributed by atoms with van der Waals surface area (Å²) in [5.74, 6) is 3.06. The SMILES string of the molecule is COc1ccc(Oc2c(C)cc(N(C)C)cc2C)cc1C(C)C. The van der Waals surface area contributed by atoms with E-state index in [0.29, 0.717) is 5.92 Å². The minimum Gasteiger partial charge on any atom is -0.496 e. The molecule has 0 aliphatic carbocycles. The van der Waals surface area contributed by atoms with Gasteiger partial charge in [-0.25, -0.2) is 0 Å². The Balaban J connectivity index is 2.38. The lowest BCUT2D eigenvalue weighted by molar-refractivity contribution is 0.405. The van der Waals surface area contributed by atoms with Crippen LogP contribution in [0.4, 0.5) is 5.69 Å². The van der Waals surface area contributed by atoms with Crippen LogP contribution in [0.5, 0.6) is 17.2 Å². The Bertz CT molecular complexity index is 667. The van der Waals surface area contributed by atoms with Crippen molar-refractivity contribution in [1.29, 1.82) is 0 Å². The zero-order valence-electron chi connectivity index (χ0n) is 15.2. The number of aryl methyl sites for hydroxylation is 2. The first kappa shape index (κ1) is 17.2. The van der Waals surface area contributed by atoms with Crippen LogP contribution in [0.1, 0.15) is 36.5 Å². The molecule has 0 aliphatic heterocycles. The quantitative estimate of drug-likeness (QED) is 0.748. The third-order valence-corrected chi connectivity index (χ3v) is 4.00. The molecule has 0 heterocycles. The molecule has 3 heteroatoms. The molecule has 23 heavy (non-hydrogen) atoms. The molecular formula is C20H27NO2. The number of ether oxygens (including phenoxy) is 2. The Morgan fingerprint density at radius 1 is 0.957 bits per heavy atom.